The van der Waals surface area contributed by atoms with Crippen LogP contribution >= 0.6 is 11.3 Å². The van der Waals surface area contributed by atoms with Crippen molar-refractivity contribution in [3.05, 3.63) is 51.5 Å². The quantitative estimate of drug-likeness (QED) is 0.860. The molecule has 6 heteroatoms. The number of hydrogen-bond donors (Lipinski definition) is 1. The lowest BCUT2D eigenvalue weighted by Crippen LogP contribution is -2.45. The van der Waals surface area contributed by atoms with E-state index in [1.165, 1.54) is 10.4 Å². The minimum Gasteiger partial charge on any atom is -0.369 e. The number of pyridine rings is 1. The standard InChI is InChI=1S/C21H27N3O2S/c1-2-24-12-8-21(9-13-24)19-16(7-14-26-21)15-18(27-19)20(25)23-11-6-17-5-3-4-10-22-17/h3-5,10,15H,2,6-9,11-14H2,1H3,(H,23,25). The number of rotatable bonds is 5. The molecule has 27 heavy (non-hydrogen) atoms. The molecule has 2 aromatic heterocycles. The van der Waals surface area contributed by atoms with Crippen LogP contribution in [0.1, 0.15) is 45.6 Å². The first-order valence-corrected chi connectivity index (χ1v) is 10.7. The van der Waals surface area contributed by atoms with E-state index in [1.807, 2.05) is 18.2 Å². The van der Waals surface area contributed by atoms with Gasteiger partial charge in [0, 0.05) is 42.8 Å². The Morgan fingerprint density at radius 1 is 1.37 bits per heavy atom. The van der Waals surface area contributed by atoms with Crippen molar-refractivity contribution in [2.45, 2.75) is 38.2 Å². The van der Waals surface area contributed by atoms with E-state index in [-0.39, 0.29) is 11.5 Å². The average molecular weight is 386 g/mol. The molecule has 2 aliphatic heterocycles. The van der Waals surface area contributed by atoms with Crippen molar-refractivity contribution in [1.82, 2.24) is 15.2 Å². The van der Waals surface area contributed by atoms with Gasteiger partial charge >= 0.3 is 0 Å². The van der Waals surface area contributed by atoms with Crippen LogP contribution in [0.25, 0.3) is 0 Å². The minimum absolute atomic E-state index is 0.0199. The summed E-state index contributed by atoms with van der Waals surface area (Å²) < 4.78 is 6.30. The summed E-state index contributed by atoms with van der Waals surface area (Å²) >= 11 is 1.63. The largest absolute Gasteiger partial charge is 0.369 e. The molecule has 0 radical (unpaired) electrons. The zero-order chi connectivity index (χ0) is 18.7. The first-order valence-electron chi connectivity index (χ1n) is 9.88. The molecule has 4 heterocycles. The van der Waals surface area contributed by atoms with E-state index in [0.29, 0.717) is 6.54 Å². The van der Waals surface area contributed by atoms with Crippen molar-refractivity contribution >= 4 is 17.2 Å². The van der Waals surface area contributed by atoms with Crippen LogP contribution < -0.4 is 5.32 Å². The van der Waals surface area contributed by atoms with E-state index in [9.17, 15) is 4.79 Å². The van der Waals surface area contributed by atoms with E-state index in [1.54, 1.807) is 17.5 Å². The number of fused-ring (bicyclic) bond motifs is 2. The summed E-state index contributed by atoms with van der Waals surface area (Å²) in [6.45, 7) is 6.81. The number of likely N-dealkylation sites (tertiary alicyclic amines) is 1. The molecule has 0 aliphatic carbocycles. The van der Waals surface area contributed by atoms with Gasteiger partial charge in [0.05, 0.1) is 11.5 Å². The van der Waals surface area contributed by atoms with Gasteiger partial charge in [-0.05, 0) is 49.6 Å². The van der Waals surface area contributed by atoms with Gasteiger partial charge in [-0.1, -0.05) is 13.0 Å². The summed E-state index contributed by atoms with van der Waals surface area (Å²) in [6.07, 6.45) is 5.49. The summed E-state index contributed by atoms with van der Waals surface area (Å²) in [5.74, 6) is 0.0199. The molecule has 1 spiro atoms. The Hall–Kier alpha value is -1.76. The number of carbonyl (C=O) groups is 1. The molecule has 1 amide bonds. The number of amides is 1. The van der Waals surface area contributed by atoms with E-state index in [2.05, 4.69) is 28.2 Å². The normalized spacial score (nSPS) is 19.0. The van der Waals surface area contributed by atoms with Crippen LogP contribution in [0.3, 0.4) is 0 Å². The Kier molecular flexibility index (Phi) is 5.57. The Bertz CT molecular complexity index is 782. The molecule has 1 fully saturated rings. The van der Waals surface area contributed by atoms with Gasteiger partial charge in [0.1, 0.15) is 5.60 Å². The molecule has 0 unspecified atom stereocenters. The molecule has 0 bridgehead atoms. The first-order chi connectivity index (χ1) is 13.2. The topological polar surface area (TPSA) is 54.5 Å². The number of nitrogens with zero attached hydrogens (tertiary/aromatic N) is 2. The SMILES string of the molecule is CCN1CCC2(CC1)OCCc1cc(C(=O)NCCc3ccccn3)sc12. The molecule has 2 aliphatic rings. The predicted octanol–water partition coefficient (Wildman–Crippen LogP) is 3.00. The molecule has 2 aromatic rings. The van der Waals surface area contributed by atoms with E-state index in [0.717, 1.165) is 62.5 Å². The number of carbonyl (C=O) groups excluding carboxylic acids is 1. The van der Waals surface area contributed by atoms with Crippen molar-refractivity contribution in [3.63, 3.8) is 0 Å². The summed E-state index contributed by atoms with van der Waals surface area (Å²) in [5.41, 5.74) is 2.14. The van der Waals surface area contributed by atoms with Gasteiger partial charge in [-0.3, -0.25) is 9.78 Å². The molecule has 4 rings (SSSR count). The third-order valence-electron chi connectivity index (χ3n) is 5.70. The summed E-state index contributed by atoms with van der Waals surface area (Å²) in [4.78, 5) is 21.5. The first kappa shape index (κ1) is 18.6. The maximum atomic E-state index is 12.7. The molecule has 5 nitrogen and oxygen atoms in total. The maximum absolute atomic E-state index is 12.7. The van der Waals surface area contributed by atoms with Gasteiger partial charge in [0.25, 0.3) is 5.91 Å². The van der Waals surface area contributed by atoms with Crippen LogP contribution in [-0.2, 0) is 23.2 Å². The van der Waals surface area contributed by atoms with Crippen molar-refractivity contribution in [2.24, 2.45) is 0 Å². The van der Waals surface area contributed by atoms with E-state index < -0.39 is 0 Å². The van der Waals surface area contributed by atoms with Gasteiger partial charge in [0.15, 0.2) is 0 Å². The Morgan fingerprint density at radius 2 is 2.22 bits per heavy atom. The number of hydrogen-bond acceptors (Lipinski definition) is 5. The second-order valence-electron chi connectivity index (χ2n) is 7.32. The van der Waals surface area contributed by atoms with E-state index >= 15 is 0 Å². The zero-order valence-electron chi connectivity index (χ0n) is 15.9. The van der Waals surface area contributed by atoms with Crippen molar-refractivity contribution < 1.29 is 9.53 Å². The Morgan fingerprint density at radius 3 is 2.96 bits per heavy atom. The smallest absolute Gasteiger partial charge is 0.261 e. The average Bonchev–Trinajstić information content (AvgIpc) is 3.16. The van der Waals surface area contributed by atoms with Gasteiger partial charge in [-0.2, -0.15) is 0 Å². The fraction of sp³-hybridized carbons (Fsp3) is 0.524. The fourth-order valence-electron chi connectivity index (χ4n) is 4.07. The highest BCUT2D eigenvalue weighted by atomic mass is 32.1. The van der Waals surface area contributed by atoms with Crippen molar-refractivity contribution in [2.75, 3.05) is 32.8 Å². The Labute approximate surface area is 164 Å². The minimum atomic E-state index is -0.170. The van der Waals surface area contributed by atoms with Crippen LogP contribution in [0.2, 0.25) is 0 Å². The second kappa shape index (κ2) is 8.09. The molecule has 144 valence electrons. The highest BCUT2D eigenvalue weighted by Gasteiger charge is 2.42. The second-order valence-corrected chi connectivity index (χ2v) is 8.37. The monoisotopic (exact) mass is 385 g/mol. The highest BCUT2D eigenvalue weighted by Crippen LogP contribution is 2.45. The number of nitrogens with one attached hydrogen (secondary N) is 1. The van der Waals surface area contributed by atoms with Crippen molar-refractivity contribution in [1.29, 1.82) is 0 Å². The van der Waals surface area contributed by atoms with Crippen LogP contribution in [-0.4, -0.2) is 48.6 Å². The van der Waals surface area contributed by atoms with Crippen LogP contribution in [0.5, 0.6) is 0 Å². The molecule has 0 aromatic carbocycles. The predicted molar refractivity (Wildman–Crippen MR) is 107 cm³/mol. The van der Waals surface area contributed by atoms with Gasteiger partial charge in [0.2, 0.25) is 0 Å². The van der Waals surface area contributed by atoms with Crippen LogP contribution in [0.15, 0.2) is 30.5 Å². The molecule has 1 N–H and O–H groups in total. The van der Waals surface area contributed by atoms with E-state index in [4.69, 9.17) is 4.74 Å². The van der Waals surface area contributed by atoms with Gasteiger partial charge in [-0.15, -0.1) is 11.3 Å². The van der Waals surface area contributed by atoms with Crippen LogP contribution in [0, 0.1) is 0 Å². The number of thiophene rings is 1. The van der Waals surface area contributed by atoms with Crippen LogP contribution in [0.4, 0.5) is 0 Å². The lowest BCUT2D eigenvalue weighted by Gasteiger charge is -2.43. The lowest BCUT2D eigenvalue weighted by atomic mass is 9.85. The number of ether oxygens (including phenoxy) is 1. The lowest BCUT2D eigenvalue weighted by molar-refractivity contribution is -0.0944. The fourth-order valence-corrected chi connectivity index (χ4v) is 5.40. The zero-order valence-corrected chi connectivity index (χ0v) is 16.7. The van der Waals surface area contributed by atoms with Gasteiger partial charge < -0.3 is 15.0 Å². The molecule has 0 atom stereocenters. The van der Waals surface area contributed by atoms with Gasteiger partial charge in [-0.25, -0.2) is 0 Å². The summed E-state index contributed by atoms with van der Waals surface area (Å²) in [7, 11) is 0. The molecule has 1 saturated heterocycles. The molecular weight excluding hydrogens is 358 g/mol. The molecular formula is C21H27N3O2S. The Balaban J connectivity index is 1.42. The summed E-state index contributed by atoms with van der Waals surface area (Å²) in [5, 5.41) is 3.05. The molecule has 0 saturated carbocycles. The highest BCUT2D eigenvalue weighted by molar-refractivity contribution is 7.14. The summed E-state index contributed by atoms with van der Waals surface area (Å²) in [6, 6.07) is 7.95. The number of aromatic nitrogens is 1. The maximum Gasteiger partial charge on any atom is 0.261 e. The third kappa shape index (κ3) is 3.93. The van der Waals surface area contributed by atoms with Crippen molar-refractivity contribution in [3.8, 4) is 0 Å². The number of piperidine rings is 1. The third-order valence-corrected chi connectivity index (χ3v) is 7.06.